The number of likely N-dealkylation sites (N-methyl/N-ethyl adjacent to an activating group) is 1. The topological polar surface area (TPSA) is 158 Å². The molecule has 3 aliphatic rings. The standard InChI is InChI=1S/C29H31N3O7/c1-31(2)15-7-5-13(6-8-15)16-9-10-19(33)21-17(16)11-14-12-18-23(32(3)4)25(35)22(28(30)38)27(37)29(18,39)26(36)20(14)24(21)34/h5-10,14,18,20,22-23,33,39H,11-12H2,1-4H3,(H2,30,38)/t14-,18-,20?,22?,23-,29-/m0/s1. The van der Waals surface area contributed by atoms with E-state index in [1.165, 1.54) is 11.0 Å². The first-order chi connectivity index (χ1) is 18.3. The van der Waals surface area contributed by atoms with Crippen LogP contribution in [0.25, 0.3) is 11.1 Å². The second-order valence-corrected chi connectivity index (χ2v) is 11.2. The van der Waals surface area contributed by atoms with Gasteiger partial charge in [0.1, 0.15) is 5.75 Å². The molecule has 10 nitrogen and oxygen atoms in total. The molecule has 10 heteroatoms. The Kier molecular flexibility index (Phi) is 6.23. The zero-order valence-electron chi connectivity index (χ0n) is 22.2. The van der Waals surface area contributed by atoms with E-state index in [0.29, 0.717) is 5.56 Å². The molecule has 39 heavy (non-hydrogen) atoms. The number of carbonyl (C=O) groups is 5. The molecule has 0 bridgehead atoms. The smallest absolute Gasteiger partial charge is 0.235 e. The number of aromatic hydroxyl groups is 1. The van der Waals surface area contributed by atoms with Crippen LogP contribution >= 0.6 is 0 Å². The number of aliphatic hydroxyl groups is 1. The molecule has 0 heterocycles. The molecule has 2 aromatic carbocycles. The van der Waals surface area contributed by atoms with Gasteiger partial charge in [-0.1, -0.05) is 18.2 Å². The molecule has 2 saturated carbocycles. The third-order valence-corrected chi connectivity index (χ3v) is 8.64. The van der Waals surface area contributed by atoms with Crippen molar-refractivity contribution >= 4 is 34.7 Å². The minimum atomic E-state index is -2.73. The van der Waals surface area contributed by atoms with E-state index in [2.05, 4.69) is 0 Å². The van der Waals surface area contributed by atoms with E-state index in [0.717, 1.165) is 16.8 Å². The lowest BCUT2D eigenvalue weighted by Crippen LogP contribution is -2.74. The number of nitrogens with two attached hydrogens (primary N) is 1. The van der Waals surface area contributed by atoms with Crippen LogP contribution in [0, 0.1) is 23.7 Å². The summed E-state index contributed by atoms with van der Waals surface area (Å²) in [5, 5.41) is 22.4. The van der Waals surface area contributed by atoms with Crippen LogP contribution in [0.3, 0.4) is 0 Å². The Morgan fingerprint density at radius 2 is 1.62 bits per heavy atom. The average molecular weight is 534 g/mol. The van der Waals surface area contributed by atoms with Crippen molar-refractivity contribution < 1.29 is 34.2 Å². The molecule has 2 fully saturated rings. The predicted octanol–water partition coefficient (Wildman–Crippen LogP) is 0.600. The highest BCUT2D eigenvalue weighted by Gasteiger charge is 2.69. The van der Waals surface area contributed by atoms with E-state index >= 15 is 0 Å². The molecule has 2 aromatic rings. The largest absolute Gasteiger partial charge is 0.507 e. The number of hydrogen-bond donors (Lipinski definition) is 3. The zero-order chi connectivity index (χ0) is 28.5. The van der Waals surface area contributed by atoms with Crippen LogP contribution in [0.1, 0.15) is 22.3 Å². The van der Waals surface area contributed by atoms with Crippen LogP contribution in [0.15, 0.2) is 36.4 Å². The number of rotatable bonds is 4. The molecule has 4 N–H and O–H groups in total. The van der Waals surface area contributed by atoms with Crippen molar-refractivity contribution in [3.63, 3.8) is 0 Å². The van der Waals surface area contributed by atoms with Gasteiger partial charge in [0, 0.05) is 25.7 Å². The number of amides is 1. The quantitative estimate of drug-likeness (QED) is 0.479. The van der Waals surface area contributed by atoms with Gasteiger partial charge in [0.25, 0.3) is 0 Å². The molecule has 0 saturated heterocycles. The van der Waals surface area contributed by atoms with Gasteiger partial charge in [-0.3, -0.25) is 28.9 Å². The first-order valence-corrected chi connectivity index (χ1v) is 12.8. The fourth-order valence-electron chi connectivity index (χ4n) is 6.81. The van der Waals surface area contributed by atoms with Crippen molar-refractivity contribution in [3.8, 4) is 16.9 Å². The van der Waals surface area contributed by atoms with Gasteiger partial charge < -0.3 is 20.8 Å². The highest BCUT2D eigenvalue weighted by atomic mass is 16.3. The lowest BCUT2D eigenvalue weighted by molar-refractivity contribution is -0.181. The number of Topliss-reactive ketones (excluding diaryl/α,β-unsaturated/α-hetero) is 4. The van der Waals surface area contributed by atoms with Gasteiger partial charge in [0.2, 0.25) is 5.91 Å². The summed E-state index contributed by atoms with van der Waals surface area (Å²) >= 11 is 0. The number of phenols is 1. The number of benzene rings is 2. The van der Waals surface area contributed by atoms with Gasteiger partial charge in [0.15, 0.2) is 34.7 Å². The van der Waals surface area contributed by atoms with E-state index in [4.69, 9.17) is 5.73 Å². The maximum atomic E-state index is 13.9. The number of carbonyl (C=O) groups excluding carboxylic acids is 5. The molecule has 3 aliphatic carbocycles. The average Bonchev–Trinajstić information content (AvgIpc) is 2.86. The van der Waals surface area contributed by atoms with Crippen LogP contribution < -0.4 is 10.6 Å². The Hall–Kier alpha value is -3.89. The Morgan fingerprint density at radius 3 is 2.18 bits per heavy atom. The van der Waals surface area contributed by atoms with Crippen molar-refractivity contribution in [3.05, 3.63) is 47.5 Å². The Balaban J connectivity index is 1.63. The van der Waals surface area contributed by atoms with E-state index in [9.17, 15) is 34.2 Å². The highest BCUT2D eigenvalue weighted by molar-refractivity contribution is 6.32. The number of fused-ring (bicyclic) bond motifs is 3. The molecule has 5 rings (SSSR count). The SMILES string of the molecule is CN(C)c1ccc(-c2ccc(O)c3c2C[C@H]2C[C@H]4[C@H](N(C)C)C(=O)C(C(N)=O)C(=O)[C@@]4(O)C(=O)C2C3=O)cc1. The van der Waals surface area contributed by atoms with Gasteiger partial charge in [-0.25, -0.2) is 0 Å². The highest BCUT2D eigenvalue weighted by Crippen LogP contribution is 2.51. The molecule has 2 unspecified atom stereocenters. The second-order valence-electron chi connectivity index (χ2n) is 11.2. The molecule has 0 spiro atoms. The van der Waals surface area contributed by atoms with Crippen molar-refractivity contribution in [2.24, 2.45) is 29.4 Å². The van der Waals surface area contributed by atoms with Crippen molar-refractivity contribution in [2.75, 3.05) is 33.1 Å². The first-order valence-electron chi connectivity index (χ1n) is 12.8. The van der Waals surface area contributed by atoms with E-state index in [1.54, 1.807) is 20.2 Å². The van der Waals surface area contributed by atoms with E-state index in [-0.39, 0.29) is 24.2 Å². The number of anilines is 1. The molecule has 0 radical (unpaired) electrons. The number of nitrogens with zero attached hydrogens (tertiary/aromatic N) is 2. The van der Waals surface area contributed by atoms with Crippen molar-refractivity contribution in [2.45, 2.75) is 24.5 Å². The number of primary amides is 1. The Morgan fingerprint density at radius 1 is 0.974 bits per heavy atom. The number of phenolic OH excluding ortho intramolecular Hbond substituents is 1. The summed E-state index contributed by atoms with van der Waals surface area (Å²) in [5.41, 5.74) is 5.70. The van der Waals surface area contributed by atoms with Gasteiger partial charge in [0.05, 0.1) is 17.5 Å². The van der Waals surface area contributed by atoms with Crippen LogP contribution in [0.2, 0.25) is 0 Å². The molecule has 204 valence electrons. The van der Waals surface area contributed by atoms with Gasteiger partial charge in [-0.05, 0) is 67.7 Å². The van der Waals surface area contributed by atoms with Gasteiger partial charge in [-0.2, -0.15) is 0 Å². The normalized spacial score (nSPS) is 30.1. The summed E-state index contributed by atoms with van der Waals surface area (Å²) in [6.07, 6.45) is 0.226. The van der Waals surface area contributed by atoms with Gasteiger partial charge in [-0.15, -0.1) is 0 Å². The van der Waals surface area contributed by atoms with Crippen LogP contribution in [-0.2, 0) is 25.6 Å². The third kappa shape index (κ3) is 3.73. The lowest BCUT2D eigenvalue weighted by Gasteiger charge is -2.52. The maximum Gasteiger partial charge on any atom is 0.235 e. The summed E-state index contributed by atoms with van der Waals surface area (Å²) < 4.78 is 0. The minimum Gasteiger partial charge on any atom is -0.507 e. The van der Waals surface area contributed by atoms with Crippen LogP contribution in [0.5, 0.6) is 5.75 Å². The van der Waals surface area contributed by atoms with Crippen molar-refractivity contribution in [1.82, 2.24) is 4.90 Å². The van der Waals surface area contributed by atoms with E-state index in [1.807, 2.05) is 43.3 Å². The maximum absolute atomic E-state index is 13.9. The molecule has 0 aromatic heterocycles. The fraction of sp³-hybridized carbons (Fsp3) is 0.414. The first kappa shape index (κ1) is 26.7. The predicted molar refractivity (Wildman–Crippen MR) is 141 cm³/mol. The Bertz CT molecular complexity index is 1430. The zero-order valence-corrected chi connectivity index (χ0v) is 22.2. The summed E-state index contributed by atoms with van der Waals surface area (Å²) in [6, 6.07) is 9.68. The Labute approximate surface area is 225 Å². The van der Waals surface area contributed by atoms with Crippen LogP contribution in [-0.4, -0.2) is 84.0 Å². The van der Waals surface area contributed by atoms with E-state index < -0.39 is 64.4 Å². The molecular weight excluding hydrogens is 502 g/mol. The van der Waals surface area contributed by atoms with Crippen LogP contribution in [0.4, 0.5) is 5.69 Å². The number of ketones is 4. The summed E-state index contributed by atoms with van der Waals surface area (Å²) in [7, 11) is 6.96. The lowest BCUT2D eigenvalue weighted by atomic mass is 9.52. The second kappa shape index (κ2) is 9.10. The monoisotopic (exact) mass is 533 g/mol. The molecule has 1 amide bonds. The summed E-state index contributed by atoms with van der Waals surface area (Å²) in [4.78, 5) is 69.8. The van der Waals surface area contributed by atoms with Gasteiger partial charge >= 0.3 is 0 Å². The fourth-order valence-corrected chi connectivity index (χ4v) is 6.81. The minimum absolute atomic E-state index is 0.0125. The molecule has 0 aliphatic heterocycles. The molecular formula is C29H31N3O7. The van der Waals surface area contributed by atoms with Crippen molar-refractivity contribution in [1.29, 1.82) is 0 Å². The summed E-state index contributed by atoms with van der Waals surface area (Å²) in [6.45, 7) is 0. The summed E-state index contributed by atoms with van der Waals surface area (Å²) in [5.74, 6) is -10.5. The number of hydrogen-bond acceptors (Lipinski definition) is 9. The third-order valence-electron chi connectivity index (χ3n) is 8.64. The molecule has 6 atom stereocenters.